The Kier molecular flexibility index (Phi) is 3.39. The summed E-state index contributed by atoms with van der Waals surface area (Å²) in [6.45, 7) is 0. The molecule has 0 fully saturated rings. The molecule has 1 N–H and O–H groups in total. The number of hydrogen-bond acceptors (Lipinski definition) is 4. The highest BCUT2D eigenvalue weighted by molar-refractivity contribution is 5.65. The number of nitriles is 1. The molecular formula is C13H10FN3O. The summed E-state index contributed by atoms with van der Waals surface area (Å²) in [5.74, 6) is -0.0147. The number of nitrogens with one attached hydrogen (secondary N) is 1. The molecule has 0 amide bonds. The first-order valence-electron chi connectivity index (χ1n) is 5.19. The van der Waals surface area contributed by atoms with Gasteiger partial charge in [-0.25, -0.2) is 9.37 Å². The van der Waals surface area contributed by atoms with E-state index in [-0.39, 0.29) is 5.69 Å². The average Bonchev–Trinajstić information content (AvgIpc) is 2.38. The van der Waals surface area contributed by atoms with Crippen LogP contribution in [-0.4, -0.2) is 12.1 Å². The van der Waals surface area contributed by atoms with Gasteiger partial charge in [-0.3, -0.25) is 0 Å². The van der Waals surface area contributed by atoms with Gasteiger partial charge in [-0.15, -0.1) is 0 Å². The van der Waals surface area contributed by atoms with Gasteiger partial charge < -0.3 is 10.1 Å². The molecule has 90 valence electrons. The lowest BCUT2D eigenvalue weighted by atomic mass is 10.2. The van der Waals surface area contributed by atoms with Crippen LogP contribution < -0.4 is 10.1 Å². The molecule has 0 spiro atoms. The zero-order valence-corrected chi connectivity index (χ0v) is 9.64. The minimum atomic E-state index is -0.417. The Hall–Kier alpha value is -2.61. The van der Waals surface area contributed by atoms with Crippen molar-refractivity contribution in [3.05, 3.63) is 48.0 Å². The second kappa shape index (κ2) is 5.15. The fraction of sp³-hybridized carbons (Fsp3) is 0.0769. The van der Waals surface area contributed by atoms with E-state index in [1.54, 1.807) is 18.2 Å². The second-order valence-electron chi connectivity index (χ2n) is 3.52. The molecule has 0 aliphatic rings. The van der Waals surface area contributed by atoms with Crippen molar-refractivity contribution in [2.24, 2.45) is 0 Å². The fourth-order valence-corrected chi connectivity index (χ4v) is 1.50. The maximum absolute atomic E-state index is 13.3. The highest BCUT2D eigenvalue weighted by Gasteiger charge is 2.05. The molecule has 0 saturated carbocycles. The van der Waals surface area contributed by atoms with Crippen LogP contribution in [0.3, 0.4) is 0 Å². The van der Waals surface area contributed by atoms with E-state index in [1.807, 2.05) is 6.07 Å². The summed E-state index contributed by atoms with van der Waals surface area (Å²) in [6, 6.07) is 9.58. The molecule has 0 bridgehead atoms. The van der Waals surface area contributed by atoms with Gasteiger partial charge in [0.2, 0.25) is 0 Å². The van der Waals surface area contributed by atoms with E-state index in [0.29, 0.717) is 17.1 Å². The van der Waals surface area contributed by atoms with Crippen molar-refractivity contribution in [3.63, 3.8) is 0 Å². The smallest absolute Gasteiger partial charge is 0.163 e. The third kappa shape index (κ3) is 2.55. The zero-order chi connectivity index (χ0) is 13.0. The number of rotatable bonds is 3. The summed E-state index contributed by atoms with van der Waals surface area (Å²) < 4.78 is 18.3. The number of pyridine rings is 1. The molecule has 0 aliphatic carbocycles. The molecule has 0 atom stereocenters. The number of benzene rings is 1. The van der Waals surface area contributed by atoms with Gasteiger partial charge in [0.25, 0.3) is 0 Å². The molecular weight excluding hydrogens is 233 g/mol. The predicted octanol–water partition coefficient (Wildman–Crippen LogP) is 2.84. The molecule has 1 aromatic carbocycles. The summed E-state index contributed by atoms with van der Waals surface area (Å²) >= 11 is 0. The van der Waals surface area contributed by atoms with Crippen molar-refractivity contribution in [3.8, 4) is 11.8 Å². The Labute approximate surface area is 104 Å². The van der Waals surface area contributed by atoms with E-state index in [4.69, 9.17) is 10.00 Å². The first-order valence-corrected chi connectivity index (χ1v) is 5.19. The van der Waals surface area contributed by atoms with E-state index in [9.17, 15) is 4.39 Å². The lowest BCUT2D eigenvalue weighted by Crippen LogP contribution is -1.96. The molecule has 1 heterocycles. The second-order valence-corrected chi connectivity index (χ2v) is 3.52. The van der Waals surface area contributed by atoms with Crippen LogP contribution in [0.2, 0.25) is 0 Å². The van der Waals surface area contributed by atoms with Crippen molar-refractivity contribution in [1.29, 1.82) is 5.26 Å². The molecule has 18 heavy (non-hydrogen) atoms. The minimum Gasteiger partial charge on any atom is -0.497 e. The highest BCUT2D eigenvalue weighted by Crippen LogP contribution is 2.24. The van der Waals surface area contributed by atoms with Gasteiger partial charge in [0.1, 0.15) is 17.6 Å². The third-order valence-electron chi connectivity index (χ3n) is 2.30. The topological polar surface area (TPSA) is 57.9 Å². The quantitative estimate of drug-likeness (QED) is 0.900. The van der Waals surface area contributed by atoms with Gasteiger partial charge in [-0.05, 0) is 18.2 Å². The molecule has 0 aliphatic heterocycles. The lowest BCUT2D eigenvalue weighted by molar-refractivity contribution is 0.411. The van der Waals surface area contributed by atoms with Crippen LogP contribution in [0.25, 0.3) is 0 Å². The van der Waals surface area contributed by atoms with Crippen LogP contribution >= 0.6 is 0 Å². The van der Waals surface area contributed by atoms with E-state index in [0.717, 1.165) is 0 Å². The van der Waals surface area contributed by atoms with Crippen LogP contribution in [0.5, 0.6) is 5.75 Å². The third-order valence-corrected chi connectivity index (χ3v) is 2.30. The number of methoxy groups -OCH3 is 1. The van der Waals surface area contributed by atoms with E-state index < -0.39 is 5.82 Å². The number of aromatic nitrogens is 1. The lowest BCUT2D eigenvalue weighted by Gasteiger charge is -2.09. The Morgan fingerprint density at radius 3 is 2.94 bits per heavy atom. The van der Waals surface area contributed by atoms with Crippen LogP contribution in [0.15, 0.2) is 36.5 Å². The van der Waals surface area contributed by atoms with Crippen LogP contribution in [0.1, 0.15) is 5.69 Å². The first kappa shape index (κ1) is 11.9. The number of hydrogen-bond donors (Lipinski definition) is 1. The van der Waals surface area contributed by atoms with Gasteiger partial charge >= 0.3 is 0 Å². The van der Waals surface area contributed by atoms with Crippen LogP contribution in [0, 0.1) is 17.1 Å². The molecule has 2 rings (SSSR count). The summed E-state index contributed by atoms with van der Waals surface area (Å²) in [7, 11) is 1.46. The molecule has 5 heteroatoms. The summed E-state index contributed by atoms with van der Waals surface area (Å²) in [5, 5.41) is 11.8. The SMILES string of the molecule is COc1cc(F)cc(Nc2cccnc2C#N)c1. The van der Waals surface area contributed by atoms with E-state index >= 15 is 0 Å². The van der Waals surface area contributed by atoms with Gasteiger partial charge in [-0.2, -0.15) is 5.26 Å². The maximum Gasteiger partial charge on any atom is 0.163 e. The van der Waals surface area contributed by atoms with Crippen LogP contribution in [-0.2, 0) is 0 Å². The Balaban J connectivity index is 2.34. The Morgan fingerprint density at radius 1 is 1.39 bits per heavy atom. The fourth-order valence-electron chi connectivity index (χ4n) is 1.50. The van der Waals surface area contributed by atoms with Crippen molar-refractivity contribution < 1.29 is 9.13 Å². The first-order chi connectivity index (χ1) is 8.72. The van der Waals surface area contributed by atoms with Gasteiger partial charge in [0, 0.05) is 24.0 Å². The van der Waals surface area contributed by atoms with Gasteiger partial charge in [0.05, 0.1) is 12.8 Å². The molecule has 1 aromatic heterocycles. The van der Waals surface area contributed by atoms with Gasteiger partial charge in [0.15, 0.2) is 5.69 Å². The normalized spacial score (nSPS) is 9.61. The molecule has 2 aromatic rings. The highest BCUT2D eigenvalue weighted by atomic mass is 19.1. The zero-order valence-electron chi connectivity index (χ0n) is 9.64. The number of ether oxygens (including phenoxy) is 1. The Bertz CT molecular complexity index is 607. The summed E-state index contributed by atoms with van der Waals surface area (Å²) in [5.41, 5.74) is 1.27. The monoisotopic (exact) mass is 243 g/mol. The number of nitrogens with zero attached hydrogens (tertiary/aromatic N) is 2. The van der Waals surface area contributed by atoms with Crippen molar-refractivity contribution in [2.45, 2.75) is 0 Å². The van der Waals surface area contributed by atoms with Crippen molar-refractivity contribution in [2.75, 3.05) is 12.4 Å². The predicted molar refractivity (Wildman–Crippen MR) is 65.2 cm³/mol. The molecule has 4 nitrogen and oxygen atoms in total. The van der Waals surface area contributed by atoms with E-state index in [2.05, 4.69) is 10.3 Å². The van der Waals surface area contributed by atoms with Crippen LogP contribution in [0.4, 0.5) is 15.8 Å². The summed E-state index contributed by atoms with van der Waals surface area (Å²) in [4.78, 5) is 3.91. The molecule has 0 saturated heterocycles. The largest absolute Gasteiger partial charge is 0.497 e. The minimum absolute atomic E-state index is 0.251. The van der Waals surface area contributed by atoms with Crippen molar-refractivity contribution in [1.82, 2.24) is 4.98 Å². The number of halogens is 1. The standard InChI is InChI=1S/C13H10FN3O/c1-18-11-6-9(14)5-10(7-11)17-12-3-2-4-16-13(12)8-15/h2-7,17H,1H3. The average molecular weight is 243 g/mol. The summed E-state index contributed by atoms with van der Waals surface area (Å²) in [6.07, 6.45) is 1.52. The van der Waals surface area contributed by atoms with E-state index in [1.165, 1.54) is 25.4 Å². The maximum atomic E-state index is 13.3. The van der Waals surface area contributed by atoms with Gasteiger partial charge in [-0.1, -0.05) is 0 Å². The molecule has 0 unspecified atom stereocenters. The number of anilines is 2. The Morgan fingerprint density at radius 2 is 2.22 bits per heavy atom. The van der Waals surface area contributed by atoms with Crippen molar-refractivity contribution >= 4 is 11.4 Å². The molecule has 0 radical (unpaired) electrons.